The van der Waals surface area contributed by atoms with Crippen LogP contribution in [0, 0.1) is 23.2 Å². The first-order chi connectivity index (χ1) is 5.87. The van der Waals surface area contributed by atoms with Gasteiger partial charge in [-0.1, -0.05) is 6.42 Å². The first-order valence-corrected chi connectivity index (χ1v) is 5.66. The molecule has 0 heterocycles. The molecule has 0 aliphatic heterocycles. The first kappa shape index (κ1) is 7.37. The van der Waals surface area contributed by atoms with Gasteiger partial charge in [-0.2, -0.15) is 0 Å². The zero-order valence-corrected chi connectivity index (χ0v) is 7.89. The molecule has 1 nitrogen and oxygen atoms in total. The third-order valence-electron chi connectivity index (χ3n) is 5.22. The van der Waals surface area contributed by atoms with Crippen LogP contribution in [0.3, 0.4) is 0 Å². The van der Waals surface area contributed by atoms with Crippen molar-refractivity contribution in [2.75, 3.05) is 6.54 Å². The molecule has 3 N–H and O–H groups in total. The summed E-state index contributed by atoms with van der Waals surface area (Å²) in [6.45, 7) is 1.23. The number of rotatable bonds is 1. The van der Waals surface area contributed by atoms with Gasteiger partial charge in [-0.25, -0.2) is 0 Å². The molecule has 1 heteroatoms. The molecule has 2 bridgehead atoms. The van der Waals surface area contributed by atoms with E-state index in [1.165, 1.54) is 32.2 Å². The molecule has 0 aromatic heterocycles. The zero-order chi connectivity index (χ0) is 8.18. The average Bonchev–Trinajstić information content (AvgIpc) is 2.76. The van der Waals surface area contributed by atoms with Gasteiger partial charge in [-0.05, 0) is 49.9 Å². The molecule has 0 aromatic rings. The summed E-state index contributed by atoms with van der Waals surface area (Å²) in [4.78, 5) is 0. The zero-order valence-electron chi connectivity index (χ0n) is 7.89. The monoisotopic (exact) mass is 166 g/mol. The second-order valence-electron chi connectivity index (χ2n) is 5.25. The highest BCUT2D eigenvalue weighted by atomic mass is 14.7. The lowest BCUT2D eigenvalue weighted by Crippen LogP contribution is -2.60. The predicted molar refractivity (Wildman–Crippen MR) is 48.4 cm³/mol. The van der Waals surface area contributed by atoms with Crippen LogP contribution in [0.5, 0.6) is 0 Å². The van der Waals surface area contributed by atoms with E-state index in [1.54, 1.807) is 12.8 Å². The third-order valence-corrected chi connectivity index (χ3v) is 5.22. The smallest absolute Gasteiger partial charge is 0.0802 e. The fraction of sp³-hybridized carbons (Fsp3) is 1.00. The lowest BCUT2D eigenvalue weighted by molar-refractivity contribution is -0.399. The van der Waals surface area contributed by atoms with Gasteiger partial charge in [0.15, 0.2) is 0 Å². The maximum atomic E-state index is 4.22. The standard InChI is InChI=1S/C11H19N/c12-7-11-5-1-2-10(11)8-3-4-9(11)6-8/h8-10H,1-7,12H2/p+1/t8-,9-,10-,11-/m0/s1. The van der Waals surface area contributed by atoms with Crippen LogP contribution in [-0.4, -0.2) is 6.54 Å². The van der Waals surface area contributed by atoms with E-state index in [9.17, 15) is 0 Å². The lowest BCUT2D eigenvalue weighted by atomic mass is 9.68. The molecule has 0 unspecified atom stereocenters. The quantitative estimate of drug-likeness (QED) is 0.610. The van der Waals surface area contributed by atoms with Crippen molar-refractivity contribution in [3.8, 4) is 0 Å². The molecule has 0 amide bonds. The van der Waals surface area contributed by atoms with Gasteiger partial charge < -0.3 is 5.73 Å². The molecule has 3 rings (SSSR count). The van der Waals surface area contributed by atoms with Crippen LogP contribution >= 0.6 is 0 Å². The van der Waals surface area contributed by atoms with Gasteiger partial charge in [0.2, 0.25) is 0 Å². The number of hydrogen-bond acceptors (Lipinski definition) is 0. The second kappa shape index (κ2) is 2.25. The summed E-state index contributed by atoms with van der Waals surface area (Å²) in [6.07, 6.45) is 9.22. The van der Waals surface area contributed by atoms with Gasteiger partial charge in [0.25, 0.3) is 0 Å². The van der Waals surface area contributed by atoms with Crippen molar-refractivity contribution in [1.29, 1.82) is 0 Å². The molecule has 3 saturated carbocycles. The highest BCUT2D eigenvalue weighted by Crippen LogP contribution is 2.65. The Morgan fingerprint density at radius 2 is 2.17 bits per heavy atom. The second-order valence-corrected chi connectivity index (χ2v) is 5.25. The van der Waals surface area contributed by atoms with Gasteiger partial charge in [-0.15, -0.1) is 0 Å². The molecule has 4 atom stereocenters. The van der Waals surface area contributed by atoms with Crippen LogP contribution in [0.4, 0.5) is 0 Å². The molecule has 0 aromatic carbocycles. The van der Waals surface area contributed by atoms with Gasteiger partial charge in [-0.3, -0.25) is 0 Å². The molecule has 3 fully saturated rings. The normalized spacial score (nSPS) is 56.2. The van der Waals surface area contributed by atoms with E-state index >= 15 is 0 Å². The summed E-state index contributed by atoms with van der Waals surface area (Å²) in [6, 6.07) is 0. The third kappa shape index (κ3) is 0.654. The highest BCUT2D eigenvalue weighted by molar-refractivity contribution is 5.08. The van der Waals surface area contributed by atoms with Crippen LogP contribution in [-0.2, 0) is 0 Å². The van der Waals surface area contributed by atoms with E-state index in [0.717, 1.165) is 23.2 Å². The minimum atomic E-state index is 0.753. The molecule has 3 aliphatic carbocycles. The summed E-state index contributed by atoms with van der Waals surface area (Å²) in [5.74, 6) is 3.32. The molecule has 3 aliphatic rings. The van der Waals surface area contributed by atoms with Crippen molar-refractivity contribution in [2.24, 2.45) is 23.2 Å². The van der Waals surface area contributed by atoms with Gasteiger partial charge in [0, 0.05) is 5.41 Å². The molecule has 0 saturated heterocycles. The Morgan fingerprint density at radius 1 is 1.25 bits per heavy atom. The van der Waals surface area contributed by atoms with Crippen LogP contribution in [0.15, 0.2) is 0 Å². The van der Waals surface area contributed by atoms with E-state index < -0.39 is 0 Å². The number of quaternary nitrogens is 1. The van der Waals surface area contributed by atoms with E-state index in [1.807, 2.05) is 0 Å². The van der Waals surface area contributed by atoms with Crippen LogP contribution < -0.4 is 5.73 Å². The highest BCUT2D eigenvalue weighted by Gasteiger charge is 2.59. The maximum absolute atomic E-state index is 4.22. The first-order valence-electron chi connectivity index (χ1n) is 5.66. The van der Waals surface area contributed by atoms with Crippen molar-refractivity contribution in [1.82, 2.24) is 0 Å². The maximum Gasteiger partial charge on any atom is 0.0802 e. The van der Waals surface area contributed by atoms with Crippen molar-refractivity contribution in [3.05, 3.63) is 0 Å². The Bertz CT molecular complexity index is 201. The summed E-state index contributed by atoms with van der Waals surface area (Å²) in [7, 11) is 0. The Balaban J connectivity index is 1.98. The molecule has 0 radical (unpaired) electrons. The summed E-state index contributed by atoms with van der Waals surface area (Å²) in [5, 5.41) is 0. The van der Waals surface area contributed by atoms with Gasteiger partial charge in [0.05, 0.1) is 6.54 Å². The Morgan fingerprint density at radius 3 is 2.92 bits per heavy atom. The average molecular weight is 166 g/mol. The SMILES string of the molecule is [NH3+]C[C@]12CCC[C@H]1[C@H]1CC[C@H]2C1. The van der Waals surface area contributed by atoms with E-state index in [0.29, 0.717) is 0 Å². The van der Waals surface area contributed by atoms with Crippen molar-refractivity contribution >= 4 is 0 Å². The van der Waals surface area contributed by atoms with Gasteiger partial charge in [0.1, 0.15) is 0 Å². The Labute approximate surface area is 74.7 Å². The Kier molecular flexibility index (Phi) is 1.39. The van der Waals surface area contributed by atoms with Gasteiger partial charge >= 0.3 is 0 Å². The minimum Gasteiger partial charge on any atom is -0.357 e. The van der Waals surface area contributed by atoms with E-state index in [-0.39, 0.29) is 0 Å². The minimum absolute atomic E-state index is 0.753. The van der Waals surface area contributed by atoms with Crippen LogP contribution in [0.25, 0.3) is 0 Å². The fourth-order valence-electron chi connectivity index (χ4n) is 4.75. The lowest BCUT2D eigenvalue weighted by Gasteiger charge is -2.36. The van der Waals surface area contributed by atoms with Crippen molar-refractivity contribution in [3.63, 3.8) is 0 Å². The number of hydrogen-bond donors (Lipinski definition) is 1. The largest absolute Gasteiger partial charge is 0.357 e. The molecular formula is C11H20N+. The summed E-state index contributed by atoms with van der Waals surface area (Å²) in [5.41, 5.74) is 4.97. The van der Waals surface area contributed by atoms with E-state index in [4.69, 9.17) is 0 Å². The topological polar surface area (TPSA) is 27.6 Å². The molecule has 12 heavy (non-hydrogen) atoms. The summed E-state index contributed by atoms with van der Waals surface area (Å²) < 4.78 is 0. The predicted octanol–water partition coefficient (Wildman–Crippen LogP) is 1.44. The van der Waals surface area contributed by atoms with Crippen LogP contribution in [0.1, 0.15) is 38.5 Å². The molecule has 0 spiro atoms. The number of fused-ring (bicyclic) bond motifs is 5. The fourth-order valence-corrected chi connectivity index (χ4v) is 4.75. The Hall–Kier alpha value is -0.0400. The van der Waals surface area contributed by atoms with Crippen molar-refractivity contribution in [2.45, 2.75) is 38.5 Å². The molecule has 68 valence electrons. The summed E-state index contributed by atoms with van der Waals surface area (Å²) >= 11 is 0. The molecular weight excluding hydrogens is 146 g/mol. The van der Waals surface area contributed by atoms with E-state index in [2.05, 4.69) is 5.73 Å². The van der Waals surface area contributed by atoms with Crippen molar-refractivity contribution < 1.29 is 5.73 Å². The van der Waals surface area contributed by atoms with Crippen LogP contribution in [0.2, 0.25) is 0 Å².